The van der Waals surface area contributed by atoms with Crippen LogP contribution in [0.25, 0.3) is 0 Å². The minimum atomic E-state index is -0.00653. The van der Waals surface area contributed by atoms with E-state index in [9.17, 15) is 9.59 Å². The van der Waals surface area contributed by atoms with Gasteiger partial charge in [0.05, 0.1) is 12.1 Å². The van der Waals surface area contributed by atoms with Gasteiger partial charge in [0, 0.05) is 19.6 Å². The number of nitrogens with one attached hydrogen (secondary N) is 1. The summed E-state index contributed by atoms with van der Waals surface area (Å²) in [6.07, 6.45) is 0. The number of hydrogen-bond acceptors (Lipinski definition) is 4. The highest BCUT2D eigenvalue weighted by atomic mass is 16.5. The van der Waals surface area contributed by atoms with Crippen LogP contribution in [0.15, 0.2) is 24.3 Å². The summed E-state index contributed by atoms with van der Waals surface area (Å²) in [6, 6.07) is 7.21. The van der Waals surface area contributed by atoms with Crippen LogP contribution in [-0.4, -0.2) is 49.4 Å². The Balaban J connectivity index is 1.85. The molecule has 5 heteroatoms. The van der Waals surface area contributed by atoms with E-state index in [2.05, 4.69) is 5.32 Å². The van der Waals surface area contributed by atoms with E-state index in [-0.39, 0.29) is 11.7 Å². The number of ketones is 1. The van der Waals surface area contributed by atoms with Gasteiger partial charge in [0.25, 0.3) is 0 Å². The molecule has 1 aliphatic heterocycles. The van der Waals surface area contributed by atoms with E-state index in [0.29, 0.717) is 37.6 Å². The Hall–Kier alpha value is -1.88. The van der Waals surface area contributed by atoms with Crippen molar-refractivity contribution >= 4 is 11.7 Å². The quantitative estimate of drug-likeness (QED) is 0.794. The maximum absolute atomic E-state index is 11.4. The van der Waals surface area contributed by atoms with Crippen molar-refractivity contribution in [2.45, 2.75) is 6.92 Å². The van der Waals surface area contributed by atoms with Crippen LogP contribution < -0.4 is 10.1 Å². The third-order valence-corrected chi connectivity index (χ3v) is 3.05. The van der Waals surface area contributed by atoms with E-state index in [1.165, 1.54) is 6.92 Å². The topological polar surface area (TPSA) is 58.6 Å². The lowest BCUT2D eigenvalue weighted by atomic mass is 10.1. The van der Waals surface area contributed by atoms with Crippen LogP contribution >= 0.6 is 0 Å². The van der Waals surface area contributed by atoms with Crippen LogP contribution in [0, 0.1) is 0 Å². The highest BCUT2D eigenvalue weighted by Gasteiger charge is 2.15. The SMILES string of the molecule is CC(=O)c1ccccc1OCCN1CCNC(=O)C1. The first-order chi connectivity index (χ1) is 9.16. The van der Waals surface area contributed by atoms with Crippen LogP contribution in [0.1, 0.15) is 17.3 Å². The lowest BCUT2D eigenvalue weighted by Gasteiger charge is -2.26. The molecule has 1 fully saturated rings. The summed E-state index contributed by atoms with van der Waals surface area (Å²) in [6.45, 7) is 4.61. The number of hydrogen-bond donors (Lipinski definition) is 1. The number of ether oxygens (including phenoxy) is 1. The molecule has 0 unspecified atom stereocenters. The number of nitrogens with zero attached hydrogens (tertiary/aromatic N) is 1. The summed E-state index contributed by atoms with van der Waals surface area (Å²) in [5.41, 5.74) is 0.596. The third-order valence-electron chi connectivity index (χ3n) is 3.05. The second-order valence-corrected chi connectivity index (χ2v) is 4.53. The Labute approximate surface area is 112 Å². The molecule has 0 aromatic heterocycles. The summed E-state index contributed by atoms with van der Waals surface area (Å²) >= 11 is 0. The lowest BCUT2D eigenvalue weighted by molar-refractivity contribution is -0.124. The van der Waals surface area contributed by atoms with Crippen molar-refractivity contribution in [3.05, 3.63) is 29.8 Å². The molecule has 19 heavy (non-hydrogen) atoms. The molecule has 0 atom stereocenters. The molecule has 1 aromatic rings. The maximum Gasteiger partial charge on any atom is 0.234 e. The zero-order chi connectivity index (χ0) is 13.7. The predicted octanol–water partition coefficient (Wildman–Crippen LogP) is 0.700. The normalized spacial score (nSPS) is 15.9. The average Bonchev–Trinajstić information content (AvgIpc) is 2.39. The number of carbonyl (C=O) groups is 2. The van der Waals surface area contributed by atoms with Crippen molar-refractivity contribution in [3.63, 3.8) is 0 Å². The number of Topliss-reactive ketones (excluding diaryl/α,β-unsaturated/α-hetero) is 1. The van der Waals surface area contributed by atoms with Crippen LogP contribution in [0.4, 0.5) is 0 Å². The molecule has 1 aliphatic rings. The highest BCUT2D eigenvalue weighted by molar-refractivity contribution is 5.96. The van der Waals surface area contributed by atoms with Gasteiger partial charge in [0.15, 0.2) is 5.78 Å². The minimum absolute atomic E-state index is 0.00653. The van der Waals surface area contributed by atoms with Crippen LogP contribution in [0.2, 0.25) is 0 Å². The smallest absolute Gasteiger partial charge is 0.234 e. The van der Waals surface area contributed by atoms with Crippen molar-refractivity contribution in [1.29, 1.82) is 0 Å². The van der Waals surface area contributed by atoms with Crippen molar-refractivity contribution in [2.75, 3.05) is 32.8 Å². The molecule has 0 bridgehead atoms. The van der Waals surface area contributed by atoms with Gasteiger partial charge in [-0.25, -0.2) is 0 Å². The highest BCUT2D eigenvalue weighted by Crippen LogP contribution is 2.18. The van der Waals surface area contributed by atoms with E-state index in [0.717, 1.165) is 6.54 Å². The van der Waals surface area contributed by atoms with Crippen molar-refractivity contribution in [3.8, 4) is 5.75 Å². The first-order valence-electron chi connectivity index (χ1n) is 6.38. The maximum atomic E-state index is 11.4. The number of para-hydroxylation sites is 1. The molecule has 0 spiro atoms. The summed E-state index contributed by atoms with van der Waals surface area (Å²) in [5, 5.41) is 2.78. The van der Waals surface area contributed by atoms with E-state index < -0.39 is 0 Å². The molecule has 0 saturated carbocycles. The minimum Gasteiger partial charge on any atom is -0.491 e. The molecule has 0 radical (unpaired) electrons. The number of piperazine rings is 1. The molecule has 1 amide bonds. The standard InChI is InChI=1S/C14H18N2O3/c1-11(17)12-4-2-3-5-13(12)19-9-8-16-7-6-15-14(18)10-16/h2-5H,6-10H2,1H3,(H,15,18). The van der Waals surface area contributed by atoms with Gasteiger partial charge in [0.2, 0.25) is 5.91 Å². The largest absolute Gasteiger partial charge is 0.491 e. The van der Waals surface area contributed by atoms with E-state index >= 15 is 0 Å². The first kappa shape index (κ1) is 13.5. The van der Waals surface area contributed by atoms with Crippen molar-refractivity contribution in [2.24, 2.45) is 0 Å². The molecule has 1 N–H and O–H groups in total. The summed E-state index contributed by atoms with van der Waals surface area (Å²) in [4.78, 5) is 24.7. The van der Waals surface area contributed by atoms with E-state index in [4.69, 9.17) is 4.74 Å². The third kappa shape index (κ3) is 3.79. The molecule has 102 valence electrons. The second kappa shape index (κ2) is 6.33. The van der Waals surface area contributed by atoms with Gasteiger partial charge >= 0.3 is 0 Å². The molecule has 1 saturated heterocycles. The van der Waals surface area contributed by atoms with Crippen LogP contribution in [0.3, 0.4) is 0 Å². The number of amides is 1. The van der Waals surface area contributed by atoms with Gasteiger partial charge in [-0.2, -0.15) is 0 Å². The first-order valence-corrected chi connectivity index (χ1v) is 6.38. The fourth-order valence-corrected chi connectivity index (χ4v) is 2.05. The summed E-state index contributed by atoms with van der Waals surface area (Å²) < 4.78 is 5.64. The van der Waals surface area contributed by atoms with Gasteiger partial charge in [-0.3, -0.25) is 14.5 Å². The lowest BCUT2D eigenvalue weighted by Crippen LogP contribution is -2.48. The summed E-state index contributed by atoms with van der Waals surface area (Å²) in [7, 11) is 0. The van der Waals surface area contributed by atoms with Gasteiger partial charge < -0.3 is 10.1 Å². The molecular formula is C14H18N2O3. The zero-order valence-corrected chi connectivity index (χ0v) is 11.0. The fourth-order valence-electron chi connectivity index (χ4n) is 2.05. The monoisotopic (exact) mass is 262 g/mol. The molecule has 1 heterocycles. The van der Waals surface area contributed by atoms with Crippen LogP contribution in [0.5, 0.6) is 5.75 Å². The molecule has 2 rings (SSSR count). The molecule has 1 aromatic carbocycles. The summed E-state index contributed by atoms with van der Waals surface area (Å²) in [5.74, 6) is 0.653. The predicted molar refractivity (Wildman–Crippen MR) is 71.4 cm³/mol. The molecular weight excluding hydrogens is 244 g/mol. The Bertz CT molecular complexity index is 474. The van der Waals surface area contributed by atoms with Gasteiger partial charge in [-0.15, -0.1) is 0 Å². The molecule has 5 nitrogen and oxygen atoms in total. The van der Waals surface area contributed by atoms with Crippen molar-refractivity contribution in [1.82, 2.24) is 10.2 Å². The average molecular weight is 262 g/mol. The number of rotatable bonds is 5. The van der Waals surface area contributed by atoms with E-state index in [1.807, 2.05) is 17.0 Å². The second-order valence-electron chi connectivity index (χ2n) is 4.53. The number of carbonyl (C=O) groups excluding carboxylic acids is 2. The Morgan fingerprint density at radius 2 is 2.21 bits per heavy atom. The number of benzene rings is 1. The zero-order valence-electron chi connectivity index (χ0n) is 11.0. The Morgan fingerprint density at radius 1 is 1.42 bits per heavy atom. The van der Waals surface area contributed by atoms with Crippen LogP contribution in [-0.2, 0) is 4.79 Å². The van der Waals surface area contributed by atoms with E-state index in [1.54, 1.807) is 12.1 Å². The Morgan fingerprint density at radius 3 is 2.95 bits per heavy atom. The van der Waals surface area contributed by atoms with Gasteiger partial charge in [0.1, 0.15) is 12.4 Å². The Kier molecular flexibility index (Phi) is 4.52. The fraction of sp³-hybridized carbons (Fsp3) is 0.429. The van der Waals surface area contributed by atoms with Crippen molar-refractivity contribution < 1.29 is 14.3 Å². The van der Waals surface area contributed by atoms with Gasteiger partial charge in [-0.1, -0.05) is 12.1 Å². The van der Waals surface area contributed by atoms with Gasteiger partial charge in [-0.05, 0) is 19.1 Å². The molecule has 0 aliphatic carbocycles.